The number of para-hydroxylation sites is 1. The van der Waals surface area contributed by atoms with Gasteiger partial charge in [-0.05, 0) is 18.4 Å². The van der Waals surface area contributed by atoms with Crippen LogP contribution >= 0.6 is 11.8 Å². The average molecular weight is 276 g/mol. The van der Waals surface area contributed by atoms with E-state index in [-0.39, 0.29) is 11.5 Å². The van der Waals surface area contributed by atoms with Crippen molar-refractivity contribution in [2.45, 2.75) is 4.90 Å². The minimum absolute atomic E-state index is 0.0939. The second-order valence-electron chi connectivity index (χ2n) is 3.48. The summed E-state index contributed by atoms with van der Waals surface area (Å²) in [4.78, 5) is 9.05. The van der Waals surface area contributed by atoms with Gasteiger partial charge in [0.25, 0.3) is 0 Å². The first-order valence-electron chi connectivity index (χ1n) is 5.35. The number of ether oxygens (including phenoxy) is 1. The second-order valence-corrected chi connectivity index (χ2v) is 4.33. The third-order valence-electron chi connectivity index (χ3n) is 2.28. The lowest BCUT2D eigenvalue weighted by atomic mass is 10.3. The Morgan fingerprint density at radius 2 is 2.11 bits per heavy atom. The highest BCUT2D eigenvalue weighted by Crippen LogP contribution is 2.29. The molecule has 98 valence electrons. The van der Waals surface area contributed by atoms with Crippen LogP contribution in [-0.2, 0) is 0 Å². The molecule has 1 heterocycles. The van der Waals surface area contributed by atoms with Gasteiger partial charge in [0, 0.05) is 4.90 Å². The Morgan fingerprint density at radius 3 is 2.74 bits per heavy atom. The van der Waals surface area contributed by atoms with Crippen LogP contribution in [0.15, 0.2) is 46.7 Å². The Hall–Kier alpha value is -2.28. The van der Waals surface area contributed by atoms with Gasteiger partial charge in [-0.1, -0.05) is 17.3 Å². The molecule has 6 nitrogen and oxygen atoms in total. The van der Waals surface area contributed by atoms with E-state index in [1.165, 1.54) is 12.4 Å². The minimum atomic E-state index is -0.0939. The molecule has 0 saturated carbocycles. The number of amidine groups is 1. The van der Waals surface area contributed by atoms with Crippen molar-refractivity contribution in [2.24, 2.45) is 10.9 Å². The Morgan fingerprint density at radius 1 is 1.32 bits per heavy atom. The summed E-state index contributed by atoms with van der Waals surface area (Å²) in [7, 11) is 0. The first kappa shape index (κ1) is 13.2. The number of hydrogen-bond donors (Lipinski definition) is 2. The molecule has 1 aromatic carbocycles. The lowest BCUT2D eigenvalue weighted by molar-refractivity contribution is 0.318. The molecule has 0 aliphatic rings. The number of oxime groups is 1. The Bertz CT molecular complexity index is 587. The molecule has 0 fully saturated rings. The first-order valence-corrected chi connectivity index (χ1v) is 6.58. The zero-order chi connectivity index (χ0) is 13.7. The van der Waals surface area contributed by atoms with Crippen LogP contribution in [0.2, 0.25) is 0 Å². The Labute approximate surface area is 114 Å². The largest absolute Gasteiger partial charge is 0.436 e. The van der Waals surface area contributed by atoms with Crippen molar-refractivity contribution in [2.75, 3.05) is 6.26 Å². The van der Waals surface area contributed by atoms with Crippen molar-refractivity contribution in [3.8, 4) is 11.6 Å². The van der Waals surface area contributed by atoms with Gasteiger partial charge in [0.2, 0.25) is 5.88 Å². The van der Waals surface area contributed by atoms with Gasteiger partial charge in [0.1, 0.15) is 11.4 Å². The summed E-state index contributed by atoms with van der Waals surface area (Å²) >= 11 is 1.58. The molecule has 0 unspecified atom stereocenters. The summed E-state index contributed by atoms with van der Waals surface area (Å²) < 4.78 is 5.63. The summed E-state index contributed by atoms with van der Waals surface area (Å²) in [5.41, 5.74) is 5.68. The summed E-state index contributed by atoms with van der Waals surface area (Å²) in [5.74, 6) is 0.959. The van der Waals surface area contributed by atoms with E-state index in [4.69, 9.17) is 15.7 Å². The Kier molecular flexibility index (Phi) is 4.19. The van der Waals surface area contributed by atoms with Gasteiger partial charge in [-0.15, -0.1) is 11.8 Å². The van der Waals surface area contributed by atoms with Crippen LogP contribution in [0.1, 0.15) is 5.69 Å². The quantitative estimate of drug-likeness (QED) is 0.292. The zero-order valence-corrected chi connectivity index (χ0v) is 11.0. The fourth-order valence-corrected chi connectivity index (χ4v) is 1.89. The molecule has 1 aromatic heterocycles. The molecule has 0 amide bonds. The lowest BCUT2D eigenvalue weighted by Crippen LogP contribution is -2.15. The van der Waals surface area contributed by atoms with Gasteiger partial charge in [0.05, 0.1) is 12.4 Å². The molecular weight excluding hydrogens is 264 g/mol. The predicted octanol–water partition coefficient (Wildman–Crippen LogP) is 2.09. The van der Waals surface area contributed by atoms with E-state index in [0.29, 0.717) is 11.6 Å². The number of thioether (sulfide) groups is 1. The SMILES string of the molecule is CSc1ccccc1Oc1cnc(C(N)=NO)cn1. The molecule has 0 aliphatic heterocycles. The first-order chi connectivity index (χ1) is 9.24. The molecule has 0 atom stereocenters. The molecule has 0 aliphatic carbocycles. The number of benzene rings is 1. The van der Waals surface area contributed by atoms with E-state index in [0.717, 1.165) is 4.90 Å². The molecule has 0 saturated heterocycles. The van der Waals surface area contributed by atoms with Crippen molar-refractivity contribution in [3.05, 3.63) is 42.4 Å². The van der Waals surface area contributed by atoms with Crippen molar-refractivity contribution in [1.82, 2.24) is 9.97 Å². The van der Waals surface area contributed by atoms with E-state index in [2.05, 4.69) is 15.1 Å². The van der Waals surface area contributed by atoms with E-state index in [1.54, 1.807) is 11.8 Å². The molecule has 0 spiro atoms. The van der Waals surface area contributed by atoms with E-state index >= 15 is 0 Å². The van der Waals surface area contributed by atoms with Gasteiger partial charge in [-0.2, -0.15) is 0 Å². The number of rotatable bonds is 4. The fraction of sp³-hybridized carbons (Fsp3) is 0.0833. The van der Waals surface area contributed by atoms with Gasteiger partial charge in [0.15, 0.2) is 5.84 Å². The molecular formula is C12H12N4O2S. The van der Waals surface area contributed by atoms with Gasteiger partial charge in [-0.25, -0.2) is 9.97 Å². The third-order valence-corrected chi connectivity index (χ3v) is 3.06. The molecule has 2 aromatic rings. The molecule has 7 heteroatoms. The lowest BCUT2D eigenvalue weighted by Gasteiger charge is -2.08. The van der Waals surface area contributed by atoms with E-state index in [9.17, 15) is 0 Å². The highest BCUT2D eigenvalue weighted by Gasteiger charge is 2.06. The fourth-order valence-electron chi connectivity index (χ4n) is 1.37. The van der Waals surface area contributed by atoms with Gasteiger partial charge >= 0.3 is 0 Å². The maximum absolute atomic E-state index is 8.52. The zero-order valence-electron chi connectivity index (χ0n) is 10.1. The Balaban J connectivity index is 2.20. The van der Waals surface area contributed by atoms with E-state index < -0.39 is 0 Å². The monoisotopic (exact) mass is 276 g/mol. The van der Waals surface area contributed by atoms with Crippen molar-refractivity contribution < 1.29 is 9.94 Å². The number of hydrogen-bond acceptors (Lipinski definition) is 6. The van der Waals surface area contributed by atoms with Crippen molar-refractivity contribution >= 4 is 17.6 Å². The smallest absolute Gasteiger partial charge is 0.237 e. The normalized spacial score (nSPS) is 11.3. The summed E-state index contributed by atoms with van der Waals surface area (Å²) in [6.07, 6.45) is 4.77. The predicted molar refractivity (Wildman–Crippen MR) is 72.8 cm³/mol. The molecule has 0 radical (unpaired) electrons. The van der Waals surface area contributed by atoms with Crippen LogP contribution < -0.4 is 10.5 Å². The second kappa shape index (κ2) is 6.05. The minimum Gasteiger partial charge on any atom is -0.436 e. The highest BCUT2D eigenvalue weighted by molar-refractivity contribution is 7.98. The molecule has 3 N–H and O–H groups in total. The highest BCUT2D eigenvalue weighted by atomic mass is 32.2. The summed E-state index contributed by atoms with van der Waals surface area (Å²) in [5, 5.41) is 11.4. The number of aromatic nitrogens is 2. The molecule has 19 heavy (non-hydrogen) atoms. The van der Waals surface area contributed by atoms with Crippen LogP contribution in [0, 0.1) is 0 Å². The maximum atomic E-state index is 8.52. The molecule has 2 rings (SSSR count). The van der Waals surface area contributed by atoms with Crippen molar-refractivity contribution in [1.29, 1.82) is 0 Å². The van der Waals surface area contributed by atoms with Gasteiger partial charge < -0.3 is 15.7 Å². The van der Waals surface area contributed by atoms with Crippen LogP contribution in [0.3, 0.4) is 0 Å². The van der Waals surface area contributed by atoms with E-state index in [1.807, 2.05) is 30.5 Å². The van der Waals surface area contributed by atoms with Crippen LogP contribution in [0.5, 0.6) is 11.6 Å². The standard InChI is InChI=1S/C12H12N4O2S/c1-19-10-5-3-2-4-9(10)18-11-7-14-8(6-15-11)12(13)16-17/h2-7,17H,1H3,(H2,13,16). The maximum Gasteiger partial charge on any atom is 0.237 e. The average Bonchev–Trinajstić information content (AvgIpc) is 2.48. The summed E-state index contributed by atoms with van der Waals surface area (Å²) in [6.45, 7) is 0. The topological polar surface area (TPSA) is 93.6 Å². The van der Waals surface area contributed by atoms with Crippen LogP contribution in [0.25, 0.3) is 0 Å². The third kappa shape index (κ3) is 3.14. The number of nitrogens with zero attached hydrogens (tertiary/aromatic N) is 3. The molecule has 0 bridgehead atoms. The van der Waals surface area contributed by atoms with Crippen molar-refractivity contribution in [3.63, 3.8) is 0 Å². The van der Waals surface area contributed by atoms with Gasteiger partial charge in [-0.3, -0.25) is 0 Å². The van der Waals surface area contributed by atoms with Crippen LogP contribution in [-0.4, -0.2) is 27.3 Å². The number of nitrogens with two attached hydrogens (primary N) is 1. The van der Waals surface area contributed by atoms with Crippen LogP contribution in [0.4, 0.5) is 0 Å². The summed E-state index contributed by atoms with van der Waals surface area (Å²) in [6, 6.07) is 7.63.